The Kier molecular flexibility index (Phi) is 8.59. The molecule has 204 valence electrons. The topological polar surface area (TPSA) is 83.1 Å². The highest BCUT2D eigenvalue weighted by molar-refractivity contribution is 5.98. The van der Waals surface area contributed by atoms with Crippen LogP contribution in [0.5, 0.6) is 11.6 Å². The molecule has 39 heavy (non-hydrogen) atoms. The van der Waals surface area contributed by atoms with Crippen LogP contribution in [0.1, 0.15) is 52.2 Å². The van der Waals surface area contributed by atoms with Crippen molar-refractivity contribution in [3.8, 4) is 11.6 Å². The van der Waals surface area contributed by atoms with Gasteiger partial charge >= 0.3 is 0 Å². The summed E-state index contributed by atoms with van der Waals surface area (Å²) >= 11 is 0. The van der Waals surface area contributed by atoms with Crippen molar-refractivity contribution in [3.63, 3.8) is 0 Å². The molecule has 0 saturated carbocycles. The summed E-state index contributed by atoms with van der Waals surface area (Å²) < 4.78 is 6.20. The van der Waals surface area contributed by atoms with Crippen molar-refractivity contribution >= 4 is 33.8 Å². The van der Waals surface area contributed by atoms with Gasteiger partial charge < -0.3 is 26.0 Å². The maximum Gasteiger partial charge on any atom is 0.225 e. The summed E-state index contributed by atoms with van der Waals surface area (Å²) in [6.07, 6.45) is 3.59. The van der Waals surface area contributed by atoms with E-state index in [0.29, 0.717) is 17.6 Å². The van der Waals surface area contributed by atoms with Gasteiger partial charge in [-0.05, 0) is 53.6 Å². The lowest BCUT2D eigenvalue weighted by Gasteiger charge is -2.25. The van der Waals surface area contributed by atoms with E-state index in [0.717, 1.165) is 53.0 Å². The van der Waals surface area contributed by atoms with Crippen LogP contribution in [0.25, 0.3) is 10.8 Å². The number of hydrogen-bond donors (Lipinski definition) is 4. The average Bonchev–Trinajstić information content (AvgIpc) is 2.92. The van der Waals surface area contributed by atoms with Crippen LogP contribution < -0.4 is 26.0 Å². The van der Waals surface area contributed by atoms with Gasteiger partial charge in [0.25, 0.3) is 0 Å². The van der Waals surface area contributed by atoms with Gasteiger partial charge in [0.15, 0.2) is 0 Å². The zero-order valence-electron chi connectivity index (χ0n) is 23.9. The number of nitrogens with zero attached hydrogens (tertiary/aromatic N) is 2. The number of ether oxygens (including phenoxy) is 1. The lowest BCUT2D eigenvalue weighted by atomic mass is 9.85. The normalized spacial score (nSPS) is 11.2. The largest absolute Gasteiger partial charge is 0.438 e. The molecule has 3 aromatic carbocycles. The molecule has 0 fully saturated rings. The SMILES string of the molecule is C=C(Nc1cc(C(C)(C)C)cc(NC)c1CC)Nc1ccc(Oc2ccnc(NCCC)n2)c2ccccc12. The van der Waals surface area contributed by atoms with Crippen LogP contribution in [0.3, 0.4) is 0 Å². The molecule has 0 aliphatic heterocycles. The van der Waals surface area contributed by atoms with Crippen molar-refractivity contribution in [3.05, 3.63) is 84.3 Å². The Morgan fingerprint density at radius 2 is 1.64 bits per heavy atom. The van der Waals surface area contributed by atoms with E-state index in [1.807, 2.05) is 37.4 Å². The lowest BCUT2D eigenvalue weighted by Crippen LogP contribution is -2.15. The predicted molar refractivity (Wildman–Crippen MR) is 165 cm³/mol. The van der Waals surface area contributed by atoms with Crippen molar-refractivity contribution in [1.29, 1.82) is 0 Å². The van der Waals surface area contributed by atoms with E-state index in [4.69, 9.17) is 4.74 Å². The number of hydrogen-bond acceptors (Lipinski definition) is 7. The van der Waals surface area contributed by atoms with Crippen LogP contribution in [0.2, 0.25) is 0 Å². The van der Waals surface area contributed by atoms with Crippen LogP contribution >= 0.6 is 0 Å². The minimum absolute atomic E-state index is 0.0194. The molecule has 0 amide bonds. The third kappa shape index (κ3) is 6.60. The highest BCUT2D eigenvalue weighted by Crippen LogP contribution is 2.36. The number of nitrogens with one attached hydrogen (secondary N) is 4. The minimum Gasteiger partial charge on any atom is -0.438 e. The highest BCUT2D eigenvalue weighted by Gasteiger charge is 2.19. The van der Waals surface area contributed by atoms with Crippen LogP contribution in [0, 0.1) is 0 Å². The van der Waals surface area contributed by atoms with Crippen LogP contribution in [-0.2, 0) is 11.8 Å². The monoisotopic (exact) mass is 524 g/mol. The fraction of sp³-hybridized carbons (Fsp3) is 0.312. The number of benzene rings is 3. The first-order valence-electron chi connectivity index (χ1n) is 13.6. The maximum absolute atomic E-state index is 6.20. The molecule has 0 unspecified atom stereocenters. The van der Waals surface area contributed by atoms with Crippen molar-refractivity contribution in [1.82, 2.24) is 9.97 Å². The Balaban J connectivity index is 1.60. The zero-order valence-corrected chi connectivity index (χ0v) is 23.9. The van der Waals surface area contributed by atoms with E-state index in [1.54, 1.807) is 12.3 Å². The molecular weight excluding hydrogens is 484 g/mol. The molecule has 1 heterocycles. The summed E-state index contributed by atoms with van der Waals surface area (Å²) in [7, 11) is 1.97. The second-order valence-electron chi connectivity index (χ2n) is 10.5. The van der Waals surface area contributed by atoms with E-state index >= 15 is 0 Å². The first-order chi connectivity index (χ1) is 18.7. The molecule has 0 radical (unpaired) electrons. The molecule has 1 aromatic heterocycles. The Bertz CT molecular complexity index is 1460. The summed E-state index contributed by atoms with van der Waals surface area (Å²) in [5, 5.41) is 15.6. The summed E-state index contributed by atoms with van der Waals surface area (Å²) in [5.74, 6) is 2.47. The fourth-order valence-corrected chi connectivity index (χ4v) is 4.48. The summed E-state index contributed by atoms with van der Waals surface area (Å²) in [6.45, 7) is 16.1. The molecule has 0 aliphatic rings. The summed E-state index contributed by atoms with van der Waals surface area (Å²) in [4.78, 5) is 8.77. The molecule has 0 bridgehead atoms. The van der Waals surface area contributed by atoms with Gasteiger partial charge in [0.2, 0.25) is 11.8 Å². The molecule has 4 aromatic rings. The van der Waals surface area contributed by atoms with Gasteiger partial charge in [-0.25, -0.2) is 4.98 Å². The Labute approximate surface area is 232 Å². The minimum atomic E-state index is 0.0194. The van der Waals surface area contributed by atoms with E-state index in [1.165, 1.54) is 11.1 Å². The summed E-state index contributed by atoms with van der Waals surface area (Å²) in [5.41, 5.74) is 5.61. The molecule has 7 heteroatoms. The number of rotatable bonds is 11. The molecule has 0 aliphatic carbocycles. The quantitative estimate of drug-likeness (QED) is 0.158. The van der Waals surface area contributed by atoms with Gasteiger partial charge in [-0.2, -0.15) is 4.98 Å². The molecule has 0 atom stereocenters. The second kappa shape index (κ2) is 12.1. The van der Waals surface area contributed by atoms with E-state index in [9.17, 15) is 0 Å². The first kappa shape index (κ1) is 27.8. The molecule has 0 saturated heterocycles. The lowest BCUT2D eigenvalue weighted by molar-refractivity contribution is 0.467. The molecule has 7 nitrogen and oxygen atoms in total. The molecular formula is C32H40N6O. The van der Waals surface area contributed by atoms with E-state index in [-0.39, 0.29) is 5.41 Å². The van der Waals surface area contributed by atoms with Crippen molar-refractivity contribution in [2.24, 2.45) is 0 Å². The highest BCUT2D eigenvalue weighted by atomic mass is 16.5. The molecule has 4 N–H and O–H groups in total. The molecule has 0 spiro atoms. The smallest absolute Gasteiger partial charge is 0.225 e. The van der Waals surface area contributed by atoms with Gasteiger partial charge in [-0.15, -0.1) is 0 Å². The van der Waals surface area contributed by atoms with Crippen molar-refractivity contribution < 1.29 is 4.74 Å². The zero-order chi connectivity index (χ0) is 28.0. The number of anilines is 4. The molecule has 4 rings (SSSR count). The first-order valence-corrected chi connectivity index (χ1v) is 13.6. The third-order valence-corrected chi connectivity index (χ3v) is 6.57. The second-order valence-corrected chi connectivity index (χ2v) is 10.5. The van der Waals surface area contributed by atoms with E-state index in [2.05, 4.69) is 90.6 Å². The summed E-state index contributed by atoms with van der Waals surface area (Å²) in [6, 6.07) is 18.3. The van der Waals surface area contributed by atoms with Crippen LogP contribution in [0.4, 0.5) is 23.0 Å². The van der Waals surface area contributed by atoms with Gasteiger partial charge in [0.1, 0.15) is 11.6 Å². The third-order valence-electron chi connectivity index (χ3n) is 6.57. The standard InChI is InChI=1S/C32H40N6O/c1-8-17-34-31-35-18-16-30(38-31)39-29-15-14-26(24-12-10-11-13-25(24)29)36-21(3)37-28-20-22(32(4,5)6)19-27(33-7)23(28)9-2/h10-16,18-20,33,36-37H,3,8-9,17H2,1-2,4-7H3,(H,34,35,38). The number of fused-ring (bicyclic) bond motifs is 1. The van der Waals surface area contributed by atoms with Gasteiger partial charge in [0, 0.05) is 53.7 Å². The van der Waals surface area contributed by atoms with Crippen molar-refractivity contribution in [2.45, 2.75) is 52.9 Å². The average molecular weight is 525 g/mol. The van der Waals surface area contributed by atoms with Crippen LogP contribution in [0.15, 0.2) is 73.2 Å². The van der Waals surface area contributed by atoms with Gasteiger partial charge in [0.05, 0.1) is 0 Å². The Hall–Kier alpha value is -4.26. The Morgan fingerprint density at radius 3 is 2.33 bits per heavy atom. The van der Waals surface area contributed by atoms with Crippen molar-refractivity contribution in [2.75, 3.05) is 34.9 Å². The fourth-order valence-electron chi connectivity index (χ4n) is 4.48. The predicted octanol–water partition coefficient (Wildman–Crippen LogP) is 8.14. The van der Waals surface area contributed by atoms with E-state index < -0.39 is 0 Å². The number of aromatic nitrogens is 2. The maximum atomic E-state index is 6.20. The van der Waals surface area contributed by atoms with Gasteiger partial charge in [-0.3, -0.25) is 0 Å². The van der Waals surface area contributed by atoms with Crippen LogP contribution in [-0.4, -0.2) is 23.6 Å². The Morgan fingerprint density at radius 1 is 0.923 bits per heavy atom. The van der Waals surface area contributed by atoms with Gasteiger partial charge in [-0.1, -0.05) is 65.5 Å².